The minimum Gasteiger partial charge on any atom is -0.477 e. The number of anilines is 1. The Hall–Kier alpha value is -0.750. The van der Waals surface area contributed by atoms with Gasteiger partial charge in [0, 0.05) is 30.0 Å². The predicted molar refractivity (Wildman–Crippen MR) is 79.8 cm³/mol. The van der Waals surface area contributed by atoms with Gasteiger partial charge in [-0.25, -0.2) is 9.78 Å². The molecule has 0 amide bonds. The summed E-state index contributed by atoms with van der Waals surface area (Å²) in [6.07, 6.45) is 3.35. The van der Waals surface area contributed by atoms with Crippen LogP contribution >= 0.6 is 23.1 Å². The summed E-state index contributed by atoms with van der Waals surface area (Å²) in [4.78, 5) is 18.7. The normalized spacial score (nSPS) is 23.6. The third-order valence-electron chi connectivity index (χ3n) is 3.67. The van der Waals surface area contributed by atoms with Crippen LogP contribution in [0.15, 0.2) is 0 Å². The number of hydrogen-bond donors (Lipinski definition) is 1. The van der Waals surface area contributed by atoms with Gasteiger partial charge in [-0.05, 0) is 19.3 Å². The van der Waals surface area contributed by atoms with Crippen molar-refractivity contribution in [3.63, 3.8) is 0 Å². The highest BCUT2D eigenvalue weighted by atomic mass is 32.2. The van der Waals surface area contributed by atoms with E-state index in [2.05, 4.69) is 16.8 Å². The number of carbonyl (C=O) groups is 1. The molecule has 0 spiro atoms. The summed E-state index contributed by atoms with van der Waals surface area (Å²) in [5.74, 6) is 0.695. The highest BCUT2D eigenvalue weighted by molar-refractivity contribution is 8.00. The summed E-state index contributed by atoms with van der Waals surface area (Å²) in [5, 5.41) is 10.9. The van der Waals surface area contributed by atoms with Crippen molar-refractivity contribution < 1.29 is 9.90 Å². The maximum absolute atomic E-state index is 11.3. The summed E-state index contributed by atoms with van der Waals surface area (Å²) in [6.45, 7) is 4.19. The standard InChI is InChI=1S/C13H18N2O2S2/c1-2-9-7-15(5-6-18-9)13-14-10(8-3-4-8)11(19-13)12(16)17/h8-9H,2-7H2,1H3,(H,16,17). The smallest absolute Gasteiger partial charge is 0.347 e. The summed E-state index contributed by atoms with van der Waals surface area (Å²) >= 11 is 3.38. The molecule has 2 aliphatic rings. The van der Waals surface area contributed by atoms with E-state index in [1.54, 1.807) is 0 Å². The topological polar surface area (TPSA) is 53.4 Å². The zero-order chi connectivity index (χ0) is 13.4. The largest absolute Gasteiger partial charge is 0.477 e. The van der Waals surface area contributed by atoms with Gasteiger partial charge in [0.2, 0.25) is 0 Å². The van der Waals surface area contributed by atoms with Crippen LogP contribution in [0.25, 0.3) is 0 Å². The van der Waals surface area contributed by atoms with Gasteiger partial charge in [0.25, 0.3) is 0 Å². The fourth-order valence-corrected chi connectivity index (χ4v) is 4.59. The molecule has 0 bridgehead atoms. The molecule has 0 aromatic carbocycles. The zero-order valence-corrected chi connectivity index (χ0v) is 12.6. The molecular weight excluding hydrogens is 280 g/mol. The van der Waals surface area contributed by atoms with Gasteiger partial charge < -0.3 is 10.0 Å². The Balaban J connectivity index is 1.84. The van der Waals surface area contributed by atoms with Gasteiger partial charge in [0.15, 0.2) is 5.13 Å². The third-order valence-corrected chi connectivity index (χ3v) is 6.16. The molecular formula is C13H18N2O2S2. The van der Waals surface area contributed by atoms with Crippen molar-refractivity contribution in [1.82, 2.24) is 4.98 Å². The van der Waals surface area contributed by atoms with Gasteiger partial charge in [-0.1, -0.05) is 18.3 Å². The molecule has 1 aliphatic heterocycles. The number of thiazole rings is 1. The fraction of sp³-hybridized carbons (Fsp3) is 0.692. The minimum atomic E-state index is -0.816. The Bertz CT molecular complexity index is 485. The number of carboxylic acid groups (broad SMARTS) is 1. The van der Waals surface area contributed by atoms with E-state index in [0.717, 1.165) is 48.9 Å². The number of carboxylic acids is 1. The molecule has 2 heterocycles. The fourth-order valence-electron chi connectivity index (χ4n) is 2.38. The van der Waals surface area contributed by atoms with Crippen LogP contribution in [0.5, 0.6) is 0 Å². The lowest BCUT2D eigenvalue weighted by Crippen LogP contribution is -2.37. The lowest BCUT2D eigenvalue weighted by atomic mass is 10.2. The van der Waals surface area contributed by atoms with Gasteiger partial charge in [-0.2, -0.15) is 11.8 Å². The summed E-state index contributed by atoms with van der Waals surface area (Å²) in [5.41, 5.74) is 0.832. The molecule has 2 fully saturated rings. The van der Waals surface area contributed by atoms with Crippen molar-refractivity contribution in [1.29, 1.82) is 0 Å². The first-order valence-corrected chi connectivity index (χ1v) is 8.66. The molecule has 1 aliphatic carbocycles. The lowest BCUT2D eigenvalue weighted by Gasteiger charge is -2.31. The average Bonchev–Trinajstić information content (AvgIpc) is 3.17. The van der Waals surface area contributed by atoms with Crippen LogP contribution in [0.3, 0.4) is 0 Å². The van der Waals surface area contributed by atoms with Crippen molar-refractivity contribution in [2.45, 2.75) is 37.4 Å². The van der Waals surface area contributed by atoms with Crippen molar-refractivity contribution in [3.05, 3.63) is 10.6 Å². The van der Waals surface area contributed by atoms with E-state index in [1.165, 1.54) is 11.3 Å². The molecule has 1 N–H and O–H groups in total. The second-order valence-electron chi connectivity index (χ2n) is 5.14. The van der Waals surface area contributed by atoms with Crippen LogP contribution in [-0.2, 0) is 0 Å². The van der Waals surface area contributed by atoms with E-state index >= 15 is 0 Å². The first kappa shape index (κ1) is 13.2. The molecule has 0 radical (unpaired) electrons. The van der Waals surface area contributed by atoms with Crippen LogP contribution < -0.4 is 4.90 Å². The van der Waals surface area contributed by atoms with Gasteiger partial charge in [-0.15, -0.1) is 0 Å². The Morgan fingerprint density at radius 3 is 2.95 bits per heavy atom. The van der Waals surface area contributed by atoms with E-state index < -0.39 is 5.97 Å². The predicted octanol–water partition coefficient (Wildman–Crippen LogP) is 3.05. The first-order chi connectivity index (χ1) is 9.19. The highest BCUT2D eigenvalue weighted by Gasteiger charge is 2.33. The number of hydrogen-bond acceptors (Lipinski definition) is 5. The van der Waals surface area contributed by atoms with Crippen LogP contribution in [0.1, 0.15) is 47.5 Å². The molecule has 1 aromatic rings. The van der Waals surface area contributed by atoms with Gasteiger partial charge in [-0.3, -0.25) is 0 Å². The highest BCUT2D eigenvalue weighted by Crippen LogP contribution is 2.44. The zero-order valence-electron chi connectivity index (χ0n) is 11.0. The van der Waals surface area contributed by atoms with E-state index in [4.69, 9.17) is 0 Å². The van der Waals surface area contributed by atoms with Crippen molar-refractivity contribution in [3.8, 4) is 0 Å². The first-order valence-electron chi connectivity index (χ1n) is 6.79. The maximum Gasteiger partial charge on any atom is 0.347 e. The number of thioether (sulfide) groups is 1. The quantitative estimate of drug-likeness (QED) is 0.926. The summed E-state index contributed by atoms with van der Waals surface area (Å²) < 4.78 is 0. The number of aromatic nitrogens is 1. The number of aromatic carboxylic acids is 1. The maximum atomic E-state index is 11.3. The minimum absolute atomic E-state index is 0.400. The molecule has 1 atom stereocenters. The van der Waals surface area contributed by atoms with Crippen LogP contribution in [0.2, 0.25) is 0 Å². The van der Waals surface area contributed by atoms with E-state index in [1.807, 2.05) is 11.8 Å². The Morgan fingerprint density at radius 2 is 2.32 bits per heavy atom. The van der Waals surface area contributed by atoms with E-state index in [9.17, 15) is 9.90 Å². The number of rotatable bonds is 4. The van der Waals surface area contributed by atoms with Crippen LogP contribution in [-0.4, -0.2) is 40.2 Å². The molecule has 4 nitrogen and oxygen atoms in total. The second kappa shape index (κ2) is 5.32. The average molecular weight is 298 g/mol. The lowest BCUT2D eigenvalue weighted by molar-refractivity contribution is 0.0700. The monoisotopic (exact) mass is 298 g/mol. The van der Waals surface area contributed by atoms with E-state index in [0.29, 0.717) is 16.0 Å². The van der Waals surface area contributed by atoms with Crippen LogP contribution in [0.4, 0.5) is 5.13 Å². The molecule has 1 saturated heterocycles. The van der Waals surface area contributed by atoms with Gasteiger partial charge in [0.1, 0.15) is 4.88 Å². The Kier molecular flexibility index (Phi) is 3.71. The van der Waals surface area contributed by atoms with Gasteiger partial charge in [0.05, 0.1) is 5.69 Å². The van der Waals surface area contributed by atoms with Crippen molar-refractivity contribution in [2.75, 3.05) is 23.7 Å². The van der Waals surface area contributed by atoms with E-state index in [-0.39, 0.29) is 0 Å². The molecule has 1 saturated carbocycles. The summed E-state index contributed by atoms with van der Waals surface area (Å²) in [7, 11) is 0. The molecule has 1 unspecified atom stereocenters. The molecule has 1 aromatic heterocycles. The molecule has 6 heteroatoms. The number of nitrogens with zero attached hydrogens (tertiary/aromatic N) is 2. The second-order valence-corrected chi connectivity index (χ2v) is 7.52. The Labute approximate surface area is 121 Å². The molecule has 3 rings (SSSR count). The molecule has 104 valence electrons. The Morgan fingerprint density at radius 1 is 1.53 bits per heavy atom. The molecule has 19 heavy (non-hydrogen) atoms. The van der Waals surface area contributed by atoms with Gasteiger partial charge >= 0.3 is 5.97 Å². The SMILES string of the molecule is CCC1CN(c2nc(C3CC3)c(C(=O)O)s2)CCS1. The third kappa shape index (κ3) is 2.74. The van der Waals surface area contributed by atoms with Crippen LogP contribution in [0, 0.1) is 0 Å². The van der Waals surface area contributed by atoms with Crippen molar-refractivity contribution in [2.24, 2.45) is 0 Å². The van der Waals surface area contributed by atoms with Crippen molar-refractivity contribution >= 4 is 34.2 Å². The summed E-state index contributed by atoms with van der Waals surface area (Å²) in [6, 6.07) is 0.